The van der Waals surface area contributed by atoms with Crippen LogP contribution in [-0.4, -0.2) is 108 Å². The SMILES string of the molecule is CCC1NC(=O)C2CCCN2C(=O)C(C)NC(=O)C(C)NC(=O)C2CCCN2C(=O)C(C)NC(=O)C(NC)CC1C. The maximum absolute atomic E-state index is 13.3. The summed E-state index contributed by atoms with van der Waals surface area (Å²) in [7, 11) is 1.67. The summed E-state index contributed by atoms with van der Waals surface area (Å²) in [5.41, 5.74) is 0. The van der Waals surface area contributed by atoms with E-state index in [0.29, 0.717) is 51.6 Å². The van der Waals surface area contributed by atoms with E-state index in [9.17, 15) is 28.8 Å². The van der Waals surface area contributed by atoms with Crippen LogP contribution in [0.1, 0.15) is 73.1 Å². The molecule has 3 saturated heterocycles. The van der Waals surface area contributed by atoms with Gasteiger partial charge >= 0.3 is 0 Å². The van der Waals surface area contributed by atoms with Crippen molar-refractivity contribution in [1.82, 2.24) is 36.4 Å². The van der Waals surface area contributed by atoms with Crippen LogP contribution >= 0.6 is 0 Å². The van der Waals surface area contributed by atoms with Crippen LogP contribution < -0.4 is 26.6 Å². The Morgan fingerprint density at radius 1 is 0.683 bits per heavy atom. The van der Waals surface area contributed by atoms with Gasteiger partial charge in [0.05, 0.1) is 6.04 Å². The molecule has 0 aromatic rings. The van der Waals surface area contributed by atoms with Crippen LogP contribution in [-0.2, 0) is 28.8 Å². The minimum Gasteiger partial charge on any atom is -0.351 e. The van der Waals surface area contributed by atoms with Crippen LogP contribution in [0.4, 0.5) is 0 Å². The van der Waals surface area contributed by atoms with E-state index in [1.807, 2.05) is 13.8 Å². The molecule has 13 nitrogen and oxygen atoms in total. The van der Waals surface area contributed by atoms with Crippen molar-refractivity contribution in [2.45, 2.75) is 115 Å². The van der Waals surface area contributed by atoms with Crippen molar-refractivity contribution in [3.05, 3.63) is 0 Å². The number of carbonyl (C=O) groups excluding carboxylic acids is 6. The quantitative estimate of drug-likeness (QED) is 0.281. The molecule has 0 bridgehead atoms. The average molecular weight is 578 g/mol. The number of fused-ring (bicyclic) bond motifs is 2. The number of likely N-dealkylation sites (N-methyl/N-ethyl adjacent to an activating group) is 1. The number of amides is 6. The van der Waals surface area contributed by atoms with Gasteiger partial charge in [-0.2, -0.15) is 0 Å². The first-order chi connectivity index (χ1) is 19.4. The average Bonchev–Trinajstić information content (AvgIpc) is 3.63. The number of nitrogens with zero attached hydrogens (tertiary/aromatic N) is 2. The van der Waals surface area contributed by atoms with Crippen LogP contribution in [0.3, 0.4) is 0 Å². The second kappa shape index (κ2) is 14.1. The van der Waals surface area contributed by atoms with Crippen molar-refractivity contribution in [2.24, 2.45) is 5.92 Å². The van der Waals surface area contributed by atoms with Crippen LogP contribution in [0.5, 0.6) is 0 Å². The Morgan fingerprint density at radius 2 is 1.15 bits per heavy atom. The first-order valence-corrected chi connectivity index (χ1v) is 14.9. The lowest BCUT2D eigenvalue weighted by Gasteiger charge is -2.31. The molecule has 5 N–H and O–H groups in total. The van der Waals surface area contributed by atoms with Gasteiger partial charge in [-0.05, 0) is 72.3 Å². The highest BCUT2D eigenvalue weighted by atomic mass is 16.2. The molecule has 3 fully saturated rings. The summed E-state index contributed by atoms with van der Waals surface area (Å²) in [6, 6.07) is -4.99. The van der Waals surface area contributed by atoms with E-state index in [1.165, 1.54) is 16.7 Å². The number of hydrogen-bond acceptors (Lipinski definition) is 7. The predicted molar refractivity (Wildman–Crippen MR) is 151 cm³/mol. The van der Waals surface area contributed by atoms with Crippen molar-refractivity contribution in [3.63, 3.8) is 0 Å². The fraction of sp³-hybridized carbons (Fsp3) is 0.786. The maximum atomic E-state index is 13.3. The zero-order chi connectivity index (χ0) is 30.4. The van der Waals surface area contributed by atoms with E-state index < -0.39 is 48.1 Å². The van der Waals surface area contributed by atoms with Crippen molar-refractivity contribution >= 4 is 35.4 Å². The van der Waals surface area contributed by atoms with E-state index in [1.54, 1.807) is 20.9 Å². The highest BCUT2D eigenvalue weighted by molar-refractivity contribution is 5.96. The van der Waals surface area contributed by atoms with E-state index in [2.05, 4.69) is 26.6 Å². The van der Waals surface area contributed by atoms with Gasteiger partial charge in [-0.1, -0.05) is 13.8 Å². The summed E-state index contributed by atoms with van der Waals surface area (Å²) in [5.74, 6) is -2.45. The molecular formula is C28H47N7O6. The van der Waals surface area contributed by atoms with E-state index in [4.69, 9.17) is 0 Å². The number of nitrogens with one attached hydrogen (secondary N) is 5. The van der Waals surface area contributed by atoms with Gasteiger partial charge in [-0.25, -0.2) is 0 Å². The van der Waals surface area contributed by atoms with Gasteiger partial charge < -0.3 is 36.4 Å². The highest BCUT2D eigenvalue weighted by Crippen LogP contribution is 2.22. The molecule has 0 aliphatic carbocycles. The van der Waals surface area contributed by atoms with Crippen molar-refractivity contribution in [2.75, 3.05) is 20.1 Å². The fourth-order valence-electron chi connectivity index (χ4n) is 6.07. The lowest BCUT2D eigenvalue weighted by atomic mass is 9.91. The van der Waals surface area contributed by atoms with Gasteiger partial charge in [-0.3, -0.25) is 28.8 Å². The van der Waals surface area contributed by atoms with E-state index in [0.717, 1.165) is 0 Å². The summed E-state index contributed by atoms with van der Waals surface area (Å²) >= 11 is 0. The number of carbonyl (C=O) groups is 6. The van der Waals surface area contributed by atoms with Crippen LogP contribution in [0, 0.1) is 5.92 Å². The zero-order valence-electron chi connectivity index (χ0n) is 25.1. The molecule has 13 heteroatoms. The second-order valence-corrected chi connectivity index (χ2v) is 11.6. The summed E-state index contributed by atoms with van der Waals surface area (Å²) < 4.78 is 0. The molecule has 0 spiro atoms. The third-order valence-corrected chi connectivity index (χ3v) is 8.61. The van der Waals surface area contributed by atoms with Crippen LogP contribution in [0.2, 0.25) is 0 Å². The standard InChI is InChI=1S/C28H47N7O6/c1-7-19-15(2)14-20(29-6)24(37)32-18(5)28(41)34-12-8-10-21(34)25(38)30-16(3)23(36)31-17(4)27(40)35-13-9-11-22(35)26(39)33-19/h15-22,29H,7-14H2,1-6H3,(H,30,38)(H,31,36)(H,32,37)(H,33,39). The Balaban J connectivity index is 1.88. The fourth-order valence-corrected chi connectivity index (χ4v) is 6.07. The van der Waals surface area contributed by atoms with E-state index >= 15 is 0 Å². The van der Waals surface area contributed by atoms with Crippen molar-refractivity contribution < 1.29 is 28.8 Å². The summed E-state index contributed by atoms with van der Waals surface area (Å²) in [5, 5.41) is 14.2. The molecule has 0 aromatic carbocycles. The van der Waals surface area contributed by atoms with Crippen LogP contribution in [0.25, 0.3) is 0 Å². The first-order valence-electron chi connectivity index (χ1n) is 14.9. The molecule has 3 aliphatic rings. The smallest absolute Gasteiger partial charge is 0.245 e. The predicted octanol–water partition coefficient (Wildman–Crippen LogP) is -0.995. The largest absolute Gasteiger partial charge is 0.351 e. The van der Waals surface area contributed by atoms with Gasteiger partial charge in [-0.15, -0.1) is 0 Å². The molecule has 41 heavy (non-hydrogen) atoms. The maximum Gasteiger partial charge on any atom is 0.245 e. The molecular weight excluding hydrogens is 530 g/mol. The van der Waals surface area contributed by atoms with Gasteiger partial charge in [0.25, 0.3) is 0 Å². The number of hydrogen-bond donors (Lipinski definition) is 5. The topological polar surface area (TPSA) is 169 Å². The van der Waals surface area contributed by atoms with Gasteiger partial charge in [0.2, 0.25) is 35.4 Å². The molecule has 6 amide bonds. The van der Waals surface area contributed by atoms with Gasteiger partial charge in [0, 0.05) is 19.1 Å². The number of rotatable bonds is 2. The minimum absolute atomic E-state index is 0.0934. The molecule has 8 atom stereocenters. The molecule has 0 aromatic heterocycles. The van der Waals surface area contributed by atoms with E-state index in [-0.39, 0.29) is 35.6 Å². The normalized spacial score (nSPS) is 35.1. The highest BCUT2D eigenvalue weighted by Gasteiger charge is 2.40. The Bertz CT molecular complexity index is 1020. The molecule has 0 radical (unpaired) electrons. The summed E-state index contributed by atoms with van der Waals surface area (Å²) in [6.45, 7) is 9.35. The molecule has 3 aliphatic heterocycles. The van der Waals surface area contributed by atoms with Gasteiger partial charge in [0.15, 0.2) is 0 Å². The Hall–Kier alpha value is -3.22. The molecule has 0 saturated carbocycles. The molecule has 3 rings (SSSR count). The van der Waals surface area contributed by atoms with Crippen molar-refractivity contribution in [1.29, 1.82) is 0 Å². The summed E-state index contributed by atoms with van der Waals surface area (Å²) in [6.07, 6.45) is 3.27. The zero-order valence-corrected chi connectivity index (χ0v) is 25.1. The minimum atomic E-state index is -0.956. The third kappa shape index (κ3) is 7.55. The molecule has 3 heterocycles. The third-order valence-electron chi connectivity index (χ3n) is 8.61. The van der Waals surface area contributed by atoms with Crippen LogP contribution in [0.15, 0.2) is 0 Å². The lowest BCUT2D eigenvalue weighted by Crippen LogP contribution is -2.57. The first kappa shape index (κ1) is 32.3. The Labute approximate surface area is 242 Å². The molecule has 230 valence electrons. The van der Waals surface area contributed by atoms with Gasteiger partial charge in [0.1, 0.15) is 30.2 Å². The lowest BCUT2D eigenvalue weighted by molar-refractivity contribution is -0.142. The van der Waals surface area contributed by atoms with Crippen molar-refractivity contribution in [3.8, 4) is 0 Å². The summed E-state index contributed by atoms with van der Waals surface area (Å²) in [4.78, 5) is 82.1. The Kier molecular flexibility index (Phi) is 11.1. The second-order valence-electron chi connectivity index (χ2n) is 11.6. The molecule has 8 unspecified atom stereocenters. The monoisotopic (exact) mass is 577 g/mol. The Morgan fingerprint density at radius 3 is 1.63 bits per heavy atom.